The SMILES string of the molecule is C[C@@H](NC(=O)c1ccc(NNC(=O)CN2CCN3CC(=O)OC4(CN5CCN6CC(=O)OC(C2)(C6)C4OC(=O)C5)C3)nc1)C(=O)N1CCC[C@H]1B(O)O. The molecule has 2 spiro atoms. The van der Waals surface area contributed by atoms with Gasteiger partial charge >= 0.3 is 25.0 Å². The molecular formula is C32H44BN9O11. The second kappa shape index (κ2) is 14.8. The number of hydrazine groups is 1. The van der Waals surface area contributed by atoms with Crippen molar-refractivity contribution in [3.63, 3.8) is 0 Å². The average Bonchev–Trinajstić information content (AvgIpc) is 3.57. The molecule has 0 aromatic carbocycles. The Morgan fingerprint density at radius 1 is 0.906 bits per heavy atom. The van der Waals surface area contributed by atoms with Crippen molar-refractivity contribution in [2.45, 2.75) is 49.1 Å². The number of esters is 3. The predicted octanol–water partition coefficient (Wildman–Crippen LogP) is -4.60. The number of ether oxygens (including phenoxy) is 3. The van der Waals surface area contributed by atoms with E-state index in [1.165, 1.54) is 30.2 Å². The molecule has 5 N–H and O–H groups in total. The van der Waals surface area contributed by atoms with Crippen LogP contribution in [0.25, 0.3) is 0 Å². The van der Waals surface area contributed by atoms with Gasteiger partial charge in [0, 0.05) is 65.1 Å². The third-order valence-corrected chi connectivity index (χ3v) is 10.7. The number of carbonyl (C=O) groups is 6. The Hall–Kier alpha value is -4.41. The Morgan fingerprint density at radius 3 is 2.15 bits per heavy atom. The minimum atomic E-state index is -1.66. The number of rotatable bonds is 8. The lowest BCUT2D eigenvalue weighted by molar-refractivity contribution is -0.242. The summed E-state index contributed by atoms with van der Waals surface area (Å²) in [5.41, 5.74) is 2.76. The molecule has 6 aliphatic rings. The van der Waals surface area contributed by atoms with Gasteiger partial charge in [-0.25, -0.2) is 4.98 Å². The molecule has 1 aromatic rings. The summed E-state index contributed by atoms with van der Waals surface area (Å²) >= 11 is 0. The molecule has 1 aromatic heterocycles. The Kier molecular flexibility index (Phi) is 10.3. The number of likely N-dealkylation sites (tertiary alicyclic amines) is 1. The second-order valence-corrected chi connectivity index (χ2v) is 14.7. The normalized spacial score (nSPS) is 33.2. The van der Waals surface area contributed by atoms with Gasteiger partial charge in [0.1, 0.15) is 11.9 Å². The lowest BCUT2D eigenvalue weighted by atomic mass is 9.78. The summed E-state index contributed by atoms with van der Waals surface area (Å²) in [6.07, 6.45) is 1.24. The maximum Gasteiger partial charge on any atom is 0.475 e. The Bertz CT molecular complexity index is 1640. The summed E-state index contributed by atoms with van der Waals surface area (Å²) < 4.78 is 18.3. The molecule has 21 heteroatoms. The number of nitrogens with one attached hydrogen (secondary N) is 3. The number of anilines is 1. The molecule has 6 unspecified atom stereocenters. The van der Waals surface area contributed by atoms with Gasteiger partial charge in [-0.3, -0.25) is 59.2 Å². The van der Waals surface area contributed by atoms with E-state index in [0.29, 0.717) is 45.6 Å². The van der Waals surface area contributed by atoms with Crippen LogP contribution < -0.4 is 16.2 Å². The minimum Gasteiger partial charge on any atom is -0.453 e. The van der Waals surface area contributed by atoms with Crippen molar-refractivity contribution in [3.8, 4) is 0 Å². The fourth-order valence-electron chi connectivity index (χ4n) is 8.48. The molecule has 6 aliphatic heterocycles. The van der Waals surface area contributed by atoms with Crippen LogP contribution in [0.2, 0.25) is 0 Å². The summed E-state index contributed by atoms with van der Waals surface area (Å²) in [4.78, 5) is 91.5. The number of nitrogens with zero attached hydrogens (tertiary/aromatic N) is 6. The molecule has 0 radical (unpaired) electrons. The average molecular weight is 742 g/mol. The quantitative estimate of drug-likeness (QED) is 0.0730. The molecule has 7 heterocycles. The third-order valence-electron chi connectivity index (χ3n) is 10.7. The highest BCUT2D eigenvalue weighted by molar-refractivity contribution is 6.43. The van der Waals surface area contributed by atoms with Crippen molar-refractivity contribution < 1.29 is 53.0 Å². The molecule has 53 heavy (non-hydrogen) atoms. The monoisotopic (exact) mass is 741 g/mol. The van der Waals surface area contributed by atoms with E-state index in [2.05, 4.69) is 21.2 Å². The maximum atomic E-state index is 13.4. The van der Waals surface area contributed by atoms with E-state index in [1.54, 1.807) is 4.90 Å². The van der Waals surface area contributed by atoms with Crippen LogP contribution in [0.5, 0.6) is 0 Å². The van der Waals surface area contributed by atoms with E-state index in [0.717, 1.165) is 0 Å². The fraction of sp³-hybridized carbons (Fsp3) is 0.656. The van der Waals surface area contributed by atoms with Crippen LogP contribution in [0.1, 0.15) is 30.1 Å². The third kappa shape index (κ3) is 7.80. The molecule has 0 saturated carbocycles. The molecule has 20 nitrogen and oxygen atoms in total. The summed E-state index contributed by atoms with van der Waals surface area (Å²) in [5.74, 6) is -3.44. The first-order valence-electron chi connectivity index (χ1n) is 17.8. The standard InChI is InChI=1S/C32H44BN9O11/c1-20(29(48)42-6-2-3-22(42)33(49)50)35-28(47)21-4-5-23(34-11-21)36-37-24(43)12-38-7-8-40-14-27(46)53-32(19-40)17-39-9-10-41-15-26(45)52-31(16-38,18-41)30(32)51-25(44)13-39/h4-5,11,20,22,30,49-50H,2-3,6-10,12-19H2,1H3,(H,34,36)(H,35,47)(H,37,43)/t20-,22+,30?,31?,32?/m1/s1. The van der Waals surface area contributed by atoms with Gasteiger partial charge in [-0.15, -0.1) is 0 Å². The van der Waals surface area contributed by atoms with E-state index in [1.807, 2.05) is 14.7 Å². The molecule has 8 atom stereocenters. The lowest BCUT2D eigenvalue weighted by Gasteiger charge is -2.52. The van der Waals surface area contributed by atoms with Crippen molar-refractivity contribution in [3.05, 3.63) is 23.9 Å². The van der Waals surface area contributed by atoms with Crippen LogP contribution in [0.4, 0.5) is 5.82 Å². The molecule has 6 bridgehead atoms. The van der Waals surface area contributed by atoms with Crippen molar-refractivity contribution in [1.82, 2.24) is 40.2 Å². The number of pyridine rings is 1. The van der Waals surface area contributed by atoms with Crippen molar-refractivity contribution >= 4 is 48.6 Å². The molecule has 6 fully saturated rings. The Labute approximate surface area is 305 Å². The number of amides is 3. The molecule has 0 aliphatic carbocycles. The van der Waals surface area contributed by atoms with Crippen molar-refractivity contribution in [2.75, 3.05) is 90.5 Å². The van der Waals surface area contributed by atoms with Crippen LogP contribution in [-0.4, -0.2) is 197 Å². The number of morpholine rings is 2. The molecule has 6 saturated heterocycles. The summed E-state index contributed by atoms with van der Waals surface area (Å²) in [6, 6.07) is 2.02. The smallest absolute Gasteiger partial charge is 0.453 e. The minimum absolute atomic E-state index is 0.000258. The number of hydrogen-bond acceptors (Lipinski definition) is 17. The maximum absolute atomic E-state index is 13.4. The lowest BCUT2D eigenvalue weighted by Crippen LogP contribution is -2.73. The van der Waals surface area contributed by atoms with Gasteiger partial charge in [0.25, 0.3) is 11.8 Å². The number of aromatic nitrogens is 1. The van der Waals surface area contributed by atoms with E-state index in [4.69, 9.17) is 14.2 Å². The van der Waals surface area contributed by atoms with Crippen molar-refractivity contribution in [2.24, 2.45) is 0 Å². The van der Waals surface area contributed by atoms with Gasteiger partial charge in [-0.1, -0.05) is 0 Å². The zero-order valence-corrected chi connectivity index (χ0v) is 29.4. The Balaban J connectivity index is 1.01. The summed E-state index contributed by atoms with van der Waals surface area (Å²) in [7, 11) is -1.66. The van der Waals surface area contributed by atoms with Gasteiger partial charge in [-0.05, 0) is 31.9 Å². The second-order valence-electron chi connectivity index (χ2n) is 14.7. The number of hydrogen-bond donors (Lipinski definition) is 5. The molecule has 3 amide bonds. The molecule has 286 valence electrons. The van der Waals surface area contributed by atoms with Gasteiger partial charge in [0.15, 0.2) is 17.3 Å². The first-order valence-corrected chi connectivity index (χ1v) is 17.8. The predicted molar refractivity (Wildman–Crippen MR) is 181 cm³/mol. The van der Waals surface area contributed by atoms with Crippen LogP contribution in [0, 0.1) is 0 Å². The highest BCUT2D eigenvalue weighted by atomic mass is 16.6. The molecular weight excluding hydrogens is 697 g/mol. The van der Waals surface area contributed by atoms with Gasteiger partial charge in [0.05, 0.1) is 37.7 Å². The van der Waals surface area contributed by atoms with E-state index >= 15 is 0 Å². The topological polar surface area (TPSA) is 236 Å². The highest BCUT2D eigenvalue weighted by Crippen LogP contribution is 2.40. The summed E-state index contributed by atoms with van der Waals surface area (Å²) in [6.45, 7) is 4.16. The highest BCUT2D eigenvalue weighted by Gasteiger charge is 2.65. The van der Waals surface area contributed by atoms with E-state index in [-0.39, 0.29) is 63.7 Å². The Morgan fingerprint density at radius 2 is 1.53 bits per heavy atom. The summed E-state index contributed by atoms with van der Waals surface area (Å²) in [5, 5.41) is 21.8. The zero-order chi connectivity index (χ0) is 37.5. The number of carbonyl (C=O) groups excluding carboxylic acids is 6. The van der Waals surface area contributed by atoms with E-state index in [9.17, 15) is 38.8 Å². The van der Waals surface area contributed by atoms with Crippen LogP contribution in [0.3, 0.4) is 0 Å². The van der Waals surface area contributed by atoms with Crippen LogP contribution in [0.15, 0.2) is 18.3 Å². The fourth-order valence-corrected chi connectivity index (χ4v) is 8.48. The van der Waals surface area contributed by atoms with Crippen molar-refractivity contribution in [1.29, 1.82) is 0 Å². The first-order chi connectivity index (χ1) is 25.3. The van der Waals surface area contributed by atoms with Gasteiger partial charge < -0.3 is 34.5 Å². The number of fused-ring (bicyclic) bond motifs is 3. The largest absolute Gasteiger partial charge is 0.475 e. The van der Waals surface area contributed by atoms with Crippen LogP contribution >= 0.6 is 0 Å². The van der Waals surface area contributed by atoms with Gasteiger partial charge in [-0.2, -0.15) is 0 Å². The first kappa shape index (κ1) is 36.9. The molecule has 7 rings (SSSR count). The van der Waals surface area contributed by atoms with Crippen LogP contribution in [-0.2, 0) is 38.2 Å². The van der Waals surface area contributed by atoms with E-state index < -0.39 is 72.0 Å². The van der Waals surface area contributed by atoms with Gasteiger partial charge in [0.2, 0.25) is 5.91 Å². The zero-order valence-electron chi connectivity index (χ0n) is 29.4.